The molecule has 4 heteroatoms. The van der Waals surface area contributed by atoms with Gasteiger partial charge in [-0.2, -0.15) is 0 Å². The molecule has 0 saturated heterocycles. The van der Waals surface area contributed by atoms with Gasteiger partial charge in [0.05, 0.1) is 16.9 Å². The van der Waals surface area contributed by atoms with E-state index < -0.39 is 0 Å². The lowest BCUT2D eigenvalue weighted by Gasteiger charge is -2.15. The van der Waals surface area contributed by atoms with Gasteiger partial charge < -0.3 is 4.42 Å². The first-order valence-corrected chi connectivity index (χ1v) is 15.0. The fraction of sp³-hybridized carbons (Fsp3) is 0. The SMILES string of the molecule is c1ccc(-c2cc(-c3ccccc3)c3ccc4c(-c5ccc6oc7ccccc7c6c5)nc(-c5ccccc5)nc4c3n2)cc1. The van der Waals surface area contributed by atoms with Crippen LogP contribution in [0.25, 0.3) is 88.8 Å². The van der Waals surface area contributed by atoms with Crippen molar-refractivity contribution in [1.29, 1.82) is 0 Å². The van der Waals surface area contributed by atoms with Crippen molar-refractivity contribution in [3.8, 4) is 45.0 Å². The summed E-state index contributed by atoms with van der Waals surface area (Å²) in [4.78, 5) is 15.8. The number of aromatic nitrogens is 3. The molecule has 0 spiro atoms. The Morgan fingerprint density at radius 1 is 0.378 bits per heavy atom. The van der Waals surface area contributed by atoms with Crippen molar-refractivity contribution in [1.82, 2.24) is 15.0 Å². The monoisotopic (exact) mass is 575 g/mol. The van der Waals surface area contributed by atoms with Crippen LogP contribution in [-0.4, -0.2) is 15.0 Å². The van der Waals surface area contributed by atoms with E-state index in [2.05, 4.69) is 97.1 Å². The number of pyridine rings is 1. The Kier molecular flexibility index (Phi) is 5.78. The smallest absolute Gasteiger partial charge is 0.160 e. The first-order chi connectivity index (χ1) is 22.3. The van der Waals surface area contributed by atoms with Crippen molar-refractivity contribution < 1.29 is 4.42 Å². The molecular formula is C41H25N3O. The number of para-hydroxylation sites is 1. The van der Waals surface area contributed by atoms with Gasteiger partial charge in [0.25, 0.3) is 0 Å². The molecule has 0 radical (unpaired) electrons. The highest BCUT2D eigenvalue weighted by Gasteiger charge is 2.19. The molecule has 0 atom stereocenters. The van der Waals surface area contributed by atoms with E-state index >= 15 is 0 Å². The summed E-state index contributed by atoms with van der Waals surface area (Å²) in [5.74, 6) is 0.663. The summed E-state index contributed by atoms with van der Waals surface area (Å²) >= 11 is 0. The standard InChI is InChI=1S/C41H25N3O/c1-4-12-26(13-5-1)33-25-35(27-14-6-2-7-15-27)42-39-31(33)21-22-32-38(43-41(44-40(32)39)28-16-8-3-9-17-28)29-20-23-37-34(24-29)30-18-10-11-19-36(30)45-37/h1-25H. The molecular weight excluding hydrogens is 550 g/mol. The molecule has 3 heterocycles. The molecule has 3 aromatic heterocycles. The van der Waals surface area contributed by atoms with E-state index in [0.29, 0.717) is 5.82 Å². The van der Waals surface area contributed by atoms with Gasteiger partial charge in [-0.3, -0.25) is 0 Å². The number of hydrogen-bond donors (Lipinski definition) is 0. The second kappa shape index (κ2) is 10.2. The Bertz CT molecular complexity index is 2520. The van der Waals surface area contributed by atoms with E-state index in [1.54, 1.807) is 0 Å². The van der Waals surface area contributed by atoms with E-state index in [-0.39, 0.29) is 0 Å². The molecule has 0 aliphatic rings. The molecule has 4 nitrogen and oxygen atoms in total. The largest absolute Gasteiger partial charge is 0.456 e. The van der Waals surface area contributed by atoms with Crippen LogP contribution in [0.4, 0.5) is 0 Å². The zero-order valence-electron chi connectivity index (χ0n) is 24.2. The number of hydrogen-bond acceptors (Lipinski definition) is 4. The van der Waals surface area contributed by atoms with Crippen molar-refractivity contribution in [2.75, 3.05) is 0 Å². The van der Waals surface area contributed by atoms with Crippen molar-refractivity contribution in [3.63, 3.8) is 0 Å². The van der Waals surface area contributed by atoms with Crippen molar-refractivity contribution in [3.05, 3.63) is 152 Å². The minimum Gasteiger partial charge on any atom is -0.456 e. The molecule has 0 aliphatic carbocycles. The van der Waals surface area contributed by atoms with E-state index in [9.17, 15) is 0 Å². The van der Waals surface area contributed by atoms with Crippen LogP contribution < -0.4 is 0 Å². The number of nitrogens with zero attached hydrogens (tertiary/aromatic N) is 3. The van der Waals surface area contributed by atoms with Crippen LogP contribution in [-0.2, 0) is 0 Å². The zero-order chi connectivity index (χ0) is 29.7. The van der Waals surface area contributed by atoms with E-state index in [1.165, 1.54) is 0 Å². The predicted molar refractivity (Wildman–Crippen MR) is 184 cm³/mol. The zero-order valence-corrected chi connectivity index (χ0v) is 24.2. The fourth-order valence-electron chi connectivity index (χ4n) is 6.30. The Balaban J connectivity index is 1.39. The normalized spacial score (nSPS) is 11.6. The van der Waals surface area contributed by atoms with Crippen molar-refractivity contribution in [2.45, 2.75) is 0 Å². The molecule has 0 saturated carbocycles. The van der Waals surface area contributed by atoms with Crippen molar-refractivity contribution in [2.24, 2.45) is 0 Å². The van der Waals surface area contributed by atoms with Gasteiger partial charge in [-0.1, -0.05) is 115 Å². The van der Waals surface area contributed by atoms with Gasteiger partial charge in [-0.05, 0) is 47.5 Å². The van der Waals surface area contributed by atoms with Gasteiger partial charge in [0, 0.05) is 38.2 Å². The first kappa shape index (κ1) is 25.4. The van der Waals surface area contributed by atoms with Gasteiger partial charge >= 0.3 is 0 Å². The Morgan fingerprint density at radius 2 is 1.00 bits per heavy atom. The maximum Gasteiger partial charge on any atom is 0.160 e. The first-order valence-electron chi connectivity index (χ1n) is 15.0. The highest BCUT2D eigenvalue weighted by molar-refractivity contribution is 6.13. The minimum absolute atomic E-state index is 0.663. The van der Waals surface area contributed by atoms with Crippen molar-refractivity contribution >= 4 is 43.7 Å². The summed E-state index contributed by atoms with van der Waals surface area (Å²) in [6, 6.07) is 52.0. The molecule has 0 fully saturated rings. The quantitative estimate of drug-likeness (QED) is 0.196. The summed E-state index contributed by atoms with van der Waals surface area (Å²) < 4.78 is 6.15. The molecule has 6 aromatic carbocycles. The van der Waals surface area contributed by atoms with E-state index in [4.69, 9.17) is 19.4 Å². The van der Waals surface area contributed by atoms with Crippen LogP contribution >= 0.6 is 0 Å². The molecule has 0 amide bonds. The van der Waals surface area contributed by atoms with Gasteiger partial charge in [-0.25, -0.2) is 15.0 Å². The third-order valence-corrected chi connectivity index (χ3v) is 8.48. The summed E-state index contributed by atoms with van der Waals surface area (Å²) in [7, 11) is 0. The molecule has 9 aromatic rings. The van der Waals surface area contributed by atoms with Crippen LogP contribution in [0.5, 0.6) is 0 Å². The summed E-state index contributed by atoms with van der Waals surface area (Å²) in [6.45, 7) is 0. The van der Waals surface area contributed by atoms with E-state index in [0.717, 1.165) is 82.9 Å². The Morgan fingerprint density at radius 3 is 1.78 bits per heavy atom. The third kappa shape index (κ3) is 4.27. The molecule has 0 unspecified atom stereocenters. The summed E-state index contributed by atoms with van der Waals surface area (Å²) in [5.41, 5.74) is 10.4. The molecule has 0 N–H and O–H groups in total. The van der Waals surface area contributed by atoms with Crippen LogP contribution in [0, 0.1) is 0 Å². The summed E-state index contributed by atoms with van der Waals surface area (Å²) in [6.07, 6.45) is 0. The van der Waals surface area contributed by atoms with Gasteiger partial charge in [0.2, 0.25) is 0 Å². The highest BCUT2D eigenvalue weighted by atomic mass is 16.3. The van der Waals surface area contributed by atoms with Gasteiger partial charge in [-0.15, -0.1) is 0 Å². The summed E-state index contributed by atoms with van der Waals surface area (Å²) in [5, 5.41) is 4.15. The molecule has 210 valence electrons. The number of benzene rings is 6. The number of fused-ring (bicyclic) bond motifs is 6. The van der Waals surface area contributed by atoms with Crippen LogP contribution in [0.2, 0.25) is 0 Å². The van der Waals surface area contributed by atoms with Crippen LogP contribution in [0.3, 0.4) is 0 Å². The average Bonchev–Trinajstić information content (AvgIpc) is 3.50. The van der Waals surface area contributed by atoms with Crippen LogP contribution in [0.1, 0.15) is 0 Å². The minimum atomic E-state index is 0.663. The lowest BCUT2D eigenvalue weighted by Crippen LogP contribution is -1.98. The maximum atomic E-state index is 6.15. The molecule has 0 aliphatic heterocycles. The van der Waals surface area contributed by atoms with Gasteiger partial charge in [0.15, 0.2) is 5.82 Å². The second-order valence-corrected chi connectivity index (χ2v) is 11.2. The fourth-order valence-corrected chi connectivity index (χ4v) is 6.30. The lowest BCUT2D eigenvalue weighted by atomic mass is 9.96. The second-order valence-electron chi connectivity index (χ2n) is 11.2. The predicted octanol–water partition coefficient (Wildman–Crippen LogP) is 10.7. The average molecular weight is 576 g/mol. The van der Waals surface area contributed by atoms with Gasteiger partial charge in [0.1, 0.15) is 16.7 Å². The molecule has 0 bridgehead atoms. The lowest BCUT2D eigenvalue weighted by molar-refractivity contribution is 0.669. The maximum absolute atomic E-state index is 6.15. The van der Waals surface area contributed by atoms with Crippen LogP contribution in [0.15, 0.2) is 156 Å². The molecule has 45 heavy (non-hydrogen) atoms. The third-order valence-electron chi connectivity index (χ3n) is 8.48. The van der Waals surface area contributed by atoms with E-state index in [1.807, 2.05) is 54.6 Å². The number of rotatable bonds is 4. The number of furan rings is 1. The Labute approximate surface area is 259 Å². The highest BCUT2D eigenvalue weighted by Crippen LogP contribution is 2.39. The topological polar surface area (TPSA) is 51.8 Å². The molecule has 9 rings (SSSR count). The Hall–Kier alpha value is -6.13.